The van der Waals surface area contributed by atoms with Crippen molar-refractivity contribution in [3.63, 3.8) is 0 Å². The average molecular weight is 573 g/mol. The number of benzene rings is 2. The van der Waals surface area contributed by atoms with E-state index in [0.29, 0.717) is 47.8 Å². The number of rotatable bonds is 21. The van der Waals surface area contributed by atoms with Crippen LogP contribution in [0, 0.1) is 0 Å². The number of amides is 2. The summed E-state index contributed by atoms with van der Waals surface area (Å²) in [4.78, 5) is 34.1. The van der Waals surface area contributed by atoms with E-state index in [1.807, 2.05) is 12.1 Å². The molecule has 224 valence electrons. The third-order valence-corrected chi connectivity index (χ3v) is 5.59. The minimum Gasteiger partial charge on any atom is -0.399 e. The topological polar surface area (TPSA) is 190 Å². The number of carbonyl (C=O) groups excluding carboxylic acids is 3. The first-order valence-electron chi connectivity index (χ1n) is 13.1. The lowest BCUT2D eigenvalue weighted by atomic mass is 10.1. The van der Waals surface area contributed by atoms with Gasteiger partial charge in [-0.3, -0.25) is 19.8 Å². The molecule has 1 unspecified atom stereocenters. The lowest BCUT2D eigenvalue weighted by Gasteiger charge is -2.17. The van der Waals surface area contributed by atoms with Gasteiger partial charge in [-0.15, -0.1) is 0 Å². The Morgan fingerprint density at radius 3 is 2.44 bits per heavy atom. The molecule has 1 atom stereocenters. The summed E-state index contributed by atoms with van der Waals surface area (Å²) in [6.45, 7) is 2.12. The van der Waals surface area contributed by atoms with Crippen LogP contribution in [0.3, 0.4) is 0 Å². The third-order valence-electron chi connectivity index (χ3n) is 5.59. The molecule has 8 N–H and O–H groups in total. The molecule has 0 aromatic heterocycles. The maximum Gasteiger partial charge on any atom is 0.226 e. The second-order valence-corrected chi connectivity index (χ2v) is 9.02. The van der Waals surface area contributed by atoms with E-state index in [0.717, 1.165) is 11.8 Å². The van der Waals surface area contributed by atoms with Gasteiger partial charge in [0.15, 0.2) is 0 Å². The number of nitrogens with two attached hydrogens (primary N) is 2. The number of carbonyl (C=O) groups is 3. The highest BCUT2D eigenvalue weighted by molar-refractivity contribution is 5.91. The summed E-state index contributed by atoms with van der Waals surface area (Å²) in [6.07, 6.45) is 2.30. The van der Waals surface area contributed by atoms with Crippen LogP contribution < -0.4 is 27.5 Å². The summed E-state index contributed by atoms with van der Waals surface area (Å²) in [7, 11) is 1.66. The molecule has 2 aromatic rings. The van der Waals surface area contributed by atoms with Crippen molar-refractivity contribution in [3.8, 4) is 0 Å². The van der Waals surface area contributed by atoms with Gasteiger partial charge in [0, 0.05) is 43.3 Å². The van der Waals surface area contributed by atoms with E-state index < -0.39 is 6.10 Å². The summed E-state index contributed by atoms with van der Waals surface area (Å²) < 4.78 is 16.2. The van der Waals surface area contributed by atoms with Gasteiger partial charge in [-0.25, -0.2) is 5.01 Å². The zero-order chi connectivity index (χ0) is 29.9. The Morgan fingerprint density at radius 2 is 1.73 bits per heavy atom. The SMILES string of the molecule is CN(Cc1cc(NC(=O)CCOCCOCC(O)COCCN/C=C(\N)c2ccc(N)cc2)ccc1C=O)NC=O. The van der Waals surface area contributed by atoms with Gasteiger partial charge in [-0.2, -0.15) is 0 Å². The molecule has 2 amide bonds. The largest absolute Gasteiger partial charge is 0.399 e. The van der Waals surface area contributed by atoms with Crippen LogP contribution in [0.25, 0.3) is 5.70 Å². The first-order chi connectivity index (χ1) is 19.8. The van der Waals surface area contributed by atoms with Crippen LogP contribution in [-0.2, 0) is 30.3 Å². The molecular weight excluding hydrogens is 532 g/mol. The van der Waals surface area contributed by atoms with Crippen molar-refractivity contribution < 1.29 is 33.7 Å². The van der Waals surface area contributed by atoms with E-state index >= 15 is 0 Å². The van der Waals surface area contributed by atoms with Crippen molar-refractivity contribution in [1.82, 2.24) is 15.8 Å². The molecule has 0 saturated carbocycles. The summed E-state index contributed by atoms with van der Waals surface area (Å²) in [5, 5.41) is 17.3. The van der Waals surface area contributed by atoms with Gasteiger partial charge >= 0.3 is 0 Å². The standard InChI is InChI=1S/C28H40N6O7/c1-34(32-20-36)16-23-14-25(7-4-22(23)17-35)33-28(38)8-10-39-12-13-41-19-26(37)18-40-11-9-31-15-27(30)21-2-5-24(29)6-3-21/h2-7,14-15,17,20,26,31,37H,8-13,16,18-19,29-30H2,1H3,(H,32,36)(H,33,38)/b27-15-. The summed E-state index contributed by atoms with van der Waals surface area (Å²) in [6, 6.07) is 12.2. The van der Waals surface area contributed by atoms with Gasteiger partial charge in [0.25, 0.3) is 0 Å². The molecule has 0 spiro atoms. The number of anilines is 2. The number of aldehydes is 1. The third kappa shape index (κ3) is 13.8. The van der Waals surface area contributed by atoms with Crippen molar-refractivity contribution in [2.45, 2.75) is 19.1 Å². The molecule has 13 nitrogen and oxygen atoms in total. The fourth-order valence-electron chi connectivity index (χ4n) is 3.49. The van der Waals surface area contributed by atoms with Gasteiger partial charge in [0.05, 0.1) is 51.8 Å². The first kappa shape index (κ1) is 33.2. The molecule has 41 heavy (non-hydrogen) atoms. The van der Waals surface area contributed by atoms with Crippen LogP contribution in [0.15, 0.2) is 48.7 Å². The van der Waals surface area contributed by atoms with E-state index in [1.54, 1.807) is 43.6 Å². The molecule has 0 saturated heterocycles. The zero-order valence-electron chi connectivity index (χ0n) is 23.2. The normalized spacial score (nSPS) is 12.1. The summed E-state index contributed by atoms with van der Waals surface area (Å²) in [5.41, 5.74) is 17.9. The average Bonchev–Trinajstić information content (AvgIpc) is 2.95. The quantitative estimate of drug-likeness (QED) is 0.0527. The van der Waals surface area contributed by atoms with Crippen LogP contribution in [0.1, 0.15) is 27.9 Å². The molecule has 0 bridgehead atoms. The maximum absolute atomic E-state index is 12.2. The van der Waals surface area contributed by atoms with Crippen molar-refractivity contribution in [1.29, 1.82) is 0 Å². The fourth-order valence-corrected chi connectivity index (χ4v) is 3.49. The Hall–Kier alpha value is -4.01. The molecule has 0 aliphatic rings. The number of nitrogens with zero attached hydrogens (tertiary/aromatic N) is 1. The number of hydrazine groups is 1. The van der Waals surface area contributed by atoms with Gasteiger partial charge in [-0.05, 0) is 41.5 Å². The second kappa shape index (κ2) is 19.1. The minimum atomic E-state index is -0.777. The molecule has 2 rings (SSSR count). The number of hydrogen-bond donors (Lipinski definition) is 6. The molecule has 0 aliphatic heterocycles. The summed E-state index contributed by atoms with van der Waals surface area (Å²) in [5.74, 6) is -0.249. The van der Waals surface area contributed by atoms with Gasteiger partial charge in [-0.1, -0.05) is 12.1 Å². The van der Waals surface area contributed by atoms with E-state index in [-0.39, 0.29) is 51.9 Å². The van der Waals surface area contributed by atoms with E-state index in [4.69, 9.17) is 25.7 Å². The molecule has 0 radical (unpaired) electrons. The van der Waals surface area contributed by atoms with E-state index in [2.05, 4.69) is 16.1 Å². The molecular formula is C28H40N6O7. The van der Waals surface area contributed by atoms with Crippen LogP contribution in [0.5, 0.6) is 0 Å². The van der Waals surface area contributed by atoms with Crippen LogP contribution in [0.4, 0.5) is 11.4 Å². The first-order valence-corrected chi connectivity index (χ1v) is 13.1. The number of aliphatic hydroxyl groups is 1. The molecule has 0 heterocycles. The van der Waals surface area contributed by atoms with Crippen LogP contribution in [0.2, 0.25) is 0 Å². The molecule has 13 heteroatoms. The maximum atomic E-state index is 12.2. The van der Waals surface area contributed by atoms with Gasteiger partial charge in [0.1, 0.15) is 12.4 Å². The number of aliphatic hydroxyl groups excluding tert-OH is 1. The van der Waals surface area contributed by atoms with E-state index in [1.165, 1.54) is 5.01 Å². The van der Waals surface area contributed by atoms with Gasteiger partial charge < -0.3 is 41.4 Å². The molecule has 0 fully saturated rings. The predicted molar refractivity (Wildman–Crippen MR) is 155 cm³/mol. The smallest absolute Gasteiger partial charge is 0.226 e. The Bertz CT molecular complexity index is 1110. The lowest BCUT2D eigenvalue weighted by Crippen LogP contribution is -2.32. The molecule has 0 aliphatic carbocycles. The molecule has 2 aromatic carbocycles. The fraction of sp³-hybridized carbons (Fsp3) is 0.393. The van der Waals surface area contributed by atoms with Crippen molar-refractivity contribution in [3.05, 3.63) is 65.4 Å². The van der Waals surface area contributed by atoms with Crippen molar-refractivity contribution in [2.24, 2.45) is 5.73 Å². The zero-order valence-corrected chi connectivity index (χ0v) is 23.2. The Labute approximate surface area is 239 Å². The minimum absolute atomic E-state index is 0.0952. The number of nitrogen functional groups attached to an aromatic ring is 1. The van der Waals surface area contributed by atoms with Gasteiger partial charge in [0.2, 0.25) is 12.3 Å². The lowest BCUT2D eigenvalue weighted by molar-refractivity contribution is -0.117. The number of hydrogen-bond acceptors (Lipinski definition) is 11. The Kier molecular flexibility index (Phi) is 15.5. The number of ether oxygens (including phenoxy) is 3. The summed E-state index contributed by atoms with van der Waals surface area (Å²) >= 11 is 0. The van der Waals surface area contributed by atoms with Crippen molar-refractivity contribution >= 4 is 35.7 Å². The van der Waals surface area contributed by atoms with E-state index in [9.17, 15) is 19.5 Å². The second-order valence-electron chi connectivity index (χ2n) is 9.02. The highest BCUT2D eigenvalue weighted by atomic mass is 16.5. The predicted octanol–water partition coefficient (Wildman–Crippen LogP) is 0.460. The number of nitrogens with one attached hydrogen (secondary N) is 3. The van der Waals surface area contributed by atoms with Crippen molar-refractivity contribution in [2.75, 3.05) is 64.3 Å². The highest BCUT2D eigenvalue weighted by Crippen LogP contribution is 2.16. The van der Waals surface area contributed by atoms with Crippen LogP contribution >= 0.6 is 0 Å². The Morgan fingerprint density at radius 1 is 1.02 bits per heavy atom. The monoisotopic (exact) mass is 572 g/mol. The Balaban J connectivity index is 1.51. The van der Waals surface area contributed by atoms with Crippen LogP contribution in [-0.4, -0.2) is 88.1 Å². The highest BCUT2D eigenvalue weighted by Gasteiger charge is 2.09.